The van der Waals surface area contributed by atoms with Crippen molar-refractivity contribution < 1.29 is 4.52 Å². The third-order valence-electron chi connectivity index (χ3n) is 3.68. The summed E-state index contributed by atoms with van der Waals surface area (Å²) in [4.78, 5) is 4.41. The second-order valence-electron chi connectivity index (χ2n) is 5.47. The van der Waals surface area contributed by atoms with Gasteiger partial charge in [-0.2, -0.15) is 9.67 Å². The predicted molar refractivity (Wildman–Crippen MR) is 98.2 cm³/mol. The molecule has 2 aromatic carbocycles. The fourth-order valence-electron chi connectivity index (χ4n) is 2.38. The van der Waals surface area contributed by atoms with Gasteiger partial charge in [0.25, 0.3) is 0 Å². The highest BCUT2D eigenvalue weighted by Gasteiger charge is 2.14. The molecule has 2 aromatic heterocycles. The monoisotopic (exact) mass is 384 g/mol. The molecule has 0 saturated carbocycles. The zero-order chi connectivity index (χ0) is 17.9. The van der Waals surface area contributed by atoms with Gasteiger partial charge in [0.1, 0.15) is 0 Å². The van der Waals surface area contributed by atoms with Gasteiger partial charge in [0.2, 0.25) is 16.9 Å². The van der Waals surface area contributed by atoms with Crippen LogP contribution in [0.1, 0.15) is 11.5 Å². The molecule has 0 saturated heterocycles. The second-order valence-corrected chi connectivity index (χ2v) is 6.85. The first-order valence-electron chi connectivity index (χ1n) is 7.76. The first-order valence-corrected chi connectivity index (χ1v) is 9.13. The maximum absolute atomic E-state index is 5.90. The number of tetrazole rings is 1. The lowest BCUT2D eigenvalue weighted by Crippen LogP contribution is -2.01. The number of halogens is 1. The number of hydrogen-bond donors (Lipinski definition) is 0. The molecule has 4 aromatic rings. The summed E-state index contributed by atoms with van der Waals surface area (Å²) in [5.41, 5.74) is 2.87. The van der Waals surface area contributed by atoms with Crippen LogP contribution in [0.5, 0.6) is 0 Å². The summed E-state index contributed by atoms with van der Waals surface area (Å²) in [6.07, 6.45) is 0. The first kappa shape index (κ1) is 16.7. The summed E-state index contributed by atoms with van der Waals surface area (Å²) in [6.45, 7) is 2.02. The number of aromatic nitrogens is 6. The Balaban J connectivity index is 1.50. The van der Waals surface area contributed by atoms with E-state index in [1.165, 1.54) is 11.8 Å². The lowest BCUT2D eigenvalue weighted by atomic mass is 10.2. The van der Waals surface area contributed by atoms with Crippen LogP contribution in [0.15, 0.2) is 58.2 Å². The highest BCUT2D eigenvalue weighted by molar-refractivity contribution is 7.98. The molecule has 7 nitrogen and oxygen atoms in total. The van der Waals surface area contributed by atoms with Crippen LogP contribution in [0.2, 0.25) is 5.02 Å². The minimum Gasteiger partial charge on any atom is -0.338 e. The molecule has 0 atom stereocenters. The third kappa shape index (κ3) is 3.47. The number of para-hydroxylation sites is 1. The first-order chi connectivity index (χ1) is 12.7. The molecule has 0 aliphatic rings. The molecular weight excluding hydrogens is 372 g/mol. The average molecular weight is 385 g/mol. The van der Waals surface area contributed by atoms with E-state index in [1.807, 2.05) is 43.3 Å². The van der Waals surface area contributed by atoms with Crippen LogP contribution in [0.25, 0.3) is 17.1 Å². The quantitative estimate of drug-likeness (QED) is 0.481. The molecule has 0 fully saturated rings. The van der Waals surface area contributed by atoms with E-state index in [0.29, 0.717) is 27.6 Å². The molecule has 130 valence electrons. The molecule has 0 amide bonds. The lowest BCUT2D eigenvalue weighted by Gasteiger charge is -2.05. The minimum atomic E-state index is 0.465. The van der Waals surface area contributed by atoms with Crippen molar-refractivity contribution in [2.45, 2.75) is 17.8 Å². The van der Waals surface area contributed by atoms with Gasteiger partial charge in [-0.05, 0) is 53.2 Å². The summed E-state index contributed by atoms with van der Waals surface area (Å²) in [5.74, 6) is 1.49. The SMILES string of the molecule is Cc1ccccc1-n1nnnc1SCc1nc(-c2ccc(Cl)cc2)no1. The maximum Gasteiger partial charge on any atom is 0.237 e. The van der Waals surface area contributed by atoms with E-state index in [1.54, 1.807) is 16.8 Å². The van der Waals surface area contributed by atoms with Gasteiger partial charge in [0, 0.05) is 10.6 Å². The molecule has 4 rings (SSSR count). The van der Waals surface area contributed by atoms with Gasteiger partial charge in [0.05, 0.1) is 11.4 Å². The fraction of sp³-hybridized carbons (Fsp3) is 0.118. The number of aryl methyl sites for hydroxylation is 1. The smallest absolute Gasteiger partial charge is 0.237 e. The molecule has 0 spiro atoms. The van der Waals surface area contributed by atoms with Gasteiger partial charge in [-0.3, -0.25) is 0 Å². The zero-order valence-corrected chi connectivity index (χ0v) is 15.3. The molecule has 0 aliphatic carbocycles. The molecule has 9 heteroatoms. The summed E-state index contributed by atoms with van der Waals surface area (Å²) >= 11 is 7.33. The number of benzene rings is 2. The Morgan fingerprint density at radius 3 is 2.73 bits per heavy atom. The van der Waals surface area contributed by atoms with Crippen LogP contribution in [0.3, 0.4) is 0 Å². The Kier molecular flexibility index (Phi) is 4.68. The molecule has 0 aliphatic heterocycles. The fourth-order valence-corrected chi connectivity index (χ4v) is 3.22. The highest BCUT2D eigenvalue weighted by atomic mass is 35.5. The van der Waals surface area contributed by atoms with Crippen molar-refractivity contribution in [2.75, 3.05) is 0 Å². The van der Waals surface area contributed by atoms with Crippen molar-refractivity contribution in [1.82, 2.24) is 30.3 Å². The molecule has 2 heterocycles. The minimum absolute atomic E-state index is 0.465. The number of hydrogen-bond acceptors (Lipinski definition) is 7. The lowest BCUT2D eigenvalue weighted by molar-refractivity contribution is 0.391. The van der Waals surface area contributed by atoms with Crippen LogP contribution >= 0.6 is 23.4 Å². The van der Waals surface area contributed by atoms with Crippen molar-refractivity contribution in [3.05, 3.63) is 65.0 Å². The van der Waals surface area contributed by atoms with E-state index in [-0.39, 0.29) is 0 Å². The summed E-state index contributed by atoms with van der Waals surface area (Å²) in [5, 5.41) is 17.3. The van der Waals surface area contributed by atoms with Crippen LogP contribution < -0.4 is 0 Å². The highest BCUT2D eigenvalue weighted by Crippen LogP contribution is 2.25. The maximum atomic E-state index is 5.90. The van der Waals surface area contributed by atoms with Crippen molar-refractivity contribution in [3.8, 4) is 17.1 Å². The Hall–Kier alpha value is -2.71. The zero-order valence-electron chi connectivity index (χ0n) is 13.7. The van der Waals surface area contributed by atoms with Gasteiger partial charge in [-0.1, -0.05) is 46.7 Å². The van der Waals surface area contributed by atoms with Gasteiger partial charge in [0.15, 0.2) is 0 Å². The Bertz CT molecular complexity index is 1030. The van der Waals surface area contributed by atoms with Crippen molar-refractivity contribution >= 4 is 23.4 Å². The molecule has 0 N–H and O–H groups in total. The summed E-state index contributed by atoms with van der Waals surface area (Å²) in [7, 11) is 0. The Labute approximate surface area is 158 Å². The van der Waals surface area contributed by atoms with Crippen molar-refractivity contribution in [3.63, 3.8) is 0 Å². The second kappa shape index (κ2) is 7.27. The predicted octanol–water partition coefficient (Wildman–Crippen LogP) is 3.97. The molecule has 26 heavy (non-hydrogen) atoms. The molecule has 0 radical (unpaired) electrons. The van der Waals surface area contributed by atoms with Gasteiger partial charge < -0.3 is 4.52 Å². The Morgan fingerprint density at radius 2 is 1.92 bits per heavy atom. The van der Waals surface area contributed by atoms with Crippen LogP contribution in [-0.2, 0) is 5.75 Å². The van der Waals surface area contributed by atoms with E-state index >= 15 is 0 Å². The van der Waals surface area contributed by atoms with Crippen molar-refractivity contribution in [1.29, 1.82) is 0 Å². The van der Waals surface area contributed by atoms with Crippen LogP contribution in [0.4, 0.5) is 0 Å². The standard InChI is InChI=1S/C17H13ClN6OS/c1-11-4-2-3-5-14(11)24-17(20-22-23-24)26-10-15-19-16(21-25-15)12-6-8-13(18)9-7-12/h2-9H,10H2,1H3. The summed E-state index contributed by atoms with van der Waals surface area (Å²) < 4.78 is 7.03. The number of thioether (sulfide) groups is 1. The van der Waals surface area contributed by atoms with Gasteiger partial charge in [-0.15, -0.1) is 5.10 Å². The van der Waals surface area contributed by atoms with Gasteiger partial charge >= 0.3 is 0 Å². The van der Waals surface area contributed by atoms with E-state index in [2.05, 4.69) is 25.7 Å². The normalized spacial score (nSPS) is 11.0. The van der Waals surface area contributed by atoms with Crippen molar-refractivity contribution in [2.24, 2.45) is 0 Å². The molecule has 0 bridgehead atoms. The molecule has 0 unspecified atom stereocenters. The van der Waals surface area contributed by atoms with E-state index in [9.17, 15) is 0 Å². The third-order valence-corrected chi connectivity index (χ3v) is 4.84. The largest absolute Gasteiger partial charge is 0.338 e. The summed E-state index contributed by atoms with van der Waals surface area (Å²) in [6, 6.07) is 15.2. The van der Waals surface area contributed by atoms with Crippen LogP contribution in [0, 0.1) is 6.92 Å². The van der Waals surface area contributed by atoms with E-state index in [4.69, 9.17) is 16.1 Å². The molecular formula is C17H13ClN6OS. The van der Waals surface area contributed by atoms with Crippen LogP contribution in [-0.4, -0.2) is 30.3 Å². The average Bonchev–Trinajstić information content (AvgIpc) is 3.30. The Morgan fingerprint density at radius 1 is 1.12 bits per heavy atom. The topological polar surface area (TPSA) is 82.5 Å². The van der Waals surface area contributed by atoms with Gasteiger partial charge in [-0.25, -0.2) is 0 Å². The van der Waals surface area contributed by atoms with E-state index < -0.39 is 0 Å². The number of nitrogens with zero attached hydrogens (tertiary/aromatic N) is 6. The van der Waals surface area contributed by atoms with E-state index in [0.717, 1.165) is 16.8 Å². The number of rotatable bonds is 5.